The lowest BCUT2D eigenvalue weighted by molar-refractivity contribution is -0.123. The Kier molecular flexibility index (Phi) is 4.15. The van der Waals surface area contributed by atoms with Crippen LogP contribution in [-0.4, -0.2) is 32.8 Å². The SMILES string of the molecule is CCn1c(=O)n(CC(=O)NC2C3CCC(C3)C2CO)c2ccccc21. The normalized spacial score (nSPS) is 27.9. The van der Waals surface area contributed by atoms with E-state index >= 15 is 0 Å². The highest BCUT2D eigenvalue weighted by molar-refractivity contribution is 5.81. The third kappa shape index (κ3) is 2.59. The average molecular weight is 343 g/mol. The molecule has 2 N–H and O–H groups in total. The van der Waals surface area contributed by atoms with Crippen molar-refractivity contribution in [3.05, 3.63) is 34.7 Å². The van der Waals surface area contributed by atoms with Gasteiger partial charge in [-0.2, -0.15) is 0 Å². The first-order chi connectivity index (χ1) is 12.1. The average Bonchev–Trinajstić information content (AvgIpc) is 3.28. The Hall–Kier alpha value is -2.08. The third-order valence-electron chi connectivity index (χ3n) is 6.17. The van der Waals surface area contributed by atoms with Crippen LogP contribution in [0.2, 0.25) is 0 Å². The Balaban J connectivity index is 1.57. The van der Waals surface area contributed by atoms with Gasteiger partial charge in [0.2, 0.25) is 5.91 Å². The molecule has 134 valence electrons. The number of aliphatic hydroxyl groups is 1. The monoisotopic (exact) mass is 343 g/mol. The number of hydrogen-bond donors (Lipinski definition) is 2. The number of carbonyl (C=O) groups is 1. The van der Waals surface area contributed by atoms with E-state index in [1.165, 1.54) is 0 Å². The second-order valence-corrected chi connectivity index (χ2v) is 7.37. The van der Waals surface area contributed by atoms with Crippen LogP contribution in [0.3, 0.4) is 0 Å². The van der Waals surface area contributed by atoms with E-state index in [0.29, 0.717) is 18.4 Å². The van der Waals surface area contributed by atoms with Crippen molar-refractivity contribution in [3.8, 4) is 0 Å². The zero-order valence-corrected chi connectivity index (χ0v) is 14.5. The minimum Gasteiger partial charge on any atom is -0.396 e. The predicted molar refractivity (Wildman–Crippen MR) is 95.2 cm³/mol. The van der Waals surface area contributed by atoms with Gasteiger partial charge < -0.3 is 10.4 Å². The van der Waals surface area contributed by atoms with Crippen LogP contribution in [0.1, 0.15) is 26.2 Å². The zero-order chi connectivity index (χ0) is 17.6. The van der Waals surface area contributed by atoms with Crippen LogP contribution in [-0.2, 0) is 17.9 Å². The number of fused-ring (bicyclic) bond motifs is 3. The predicted octanol–water partition coefficient (Wildman–Crippen LogP) is 1.35. The van der Waals surface area contributed by atoms with E-state index in [-0.39, 0.29) is 36.7 Å². The van der Waals surface area contributed by atoms with Crippen LogP contribution >= 0.6 is 0 Å². The number of nitrogens with zero attached hydrogens (tertiary/aromatic N) is 2. The molecule has 6 nitrogen and oxygen atoms in total. The number of aliphatic hydroxyl groups excluding tert-OH is 1. The molecule has 2 bridgehead atoms. The van der Waals surface area contributed by atoms with Crippen LogP contribution < -0.4 is 11.0 Å². The summed E-state index contributed by atoms with van der Waals surface area (Å²) in [6, 6.07) is 7.62. The molecule has 4 atom stereocenters. The lowest BCUT2D eigenvalue weighted by atomic mass is 9.85. The van der Waals surface area contributed by atoms with Gasteiger partial charge in [-0.1, -0.05) is 12.1 Å². The van der Waals surface area contributed by atoms with Crippen molar-refractivity contribution in [2.24, 2.45) is 17.8 Å². The molecule has 2 aliphatic rings. The molecule has 1 amide bonds. The molecule has 4 rings (SSSR count). The van der Waals surface area contributed by atoms with Crippen LogP contribution in [0.25, 0.3) is 11.0 Å². The maximum Gasteiger partial charge on any atom is 0.329 e. The first-order valence-electron chi connectivity index (χ1n) is 9.22. The minimum atomic E-state index is -0.148. The molecule has 2 aliphatic carbocycles. The van der Waals surface area contributed by atoms with Gasteiger partial charge in [0.05, 0.1) is 11.0 Å². The Morgan fingerprint density at radius 1 is 1.20 bits per heavy atom. The van der Waals surface area contributed by atoms with Crippen LogP contribution in [0.5, 0.6) is 0 Å². The Morgan fingerprint density at radius 2 is 1.88 bits per heavy atom. The van der Waals surface area contributed by atoms with Gasteiger partial charge >= 0.3 is 5.69 Å². The molecule has 0 radical (unpaired) electrons. The molecule has 25 heavy (non-hydrogen) atoms. The summed E-state index contributed by atoms with van der Waals surface area (Å²) in [4.78, 5) is 25.3. The molecule has 0 aliphatic heterocycles. The number of para-hydroxylation sites is 2. The summed E-state index contributed by atoms with van der Waals surface area (Å²) in [6.07, 6.45) is 3.39. The Bertz CT molecular complexity index is 853. The fourth-order valence-corrected chi connectivity index (χ4v) is 5.00. The quantitative estimate of drug-likeness (QED) is 0.860. The first kappa shape index (κ1) is 16.4. The second-order valence-electron chi connectivity index (χ2n) is 7.37. The second kappa shape index (κ2) is 6.33. The fourth-order valence-electron chi connectivity index (χ4n) is 5.00. The summed E-state index contributed by atoms with van der Waals surface area (Å²) < 4.78 is 3.24. The summed E-state index contributed by atoms with van der Waals surface area (Å²) in [7, 11) is 0. The van der Waals surface area contributed by atoms with Crippen molar-refractivity contribution in [1.29, 1.82) is 0 Å². The van der Waals surface area contributed by atoms with Crippen LogP contribution in [0, 0.1) is 17.8 Å². The van der Waals surface area contributed by atoms with E-state index in [4.69, 9.17) is 0 Å². The minimum absolute atomic E-state index is 0.0262. The smallest absolute Gasteiger partial charge is 0.329 e. The molecule has 1 aromatic heterocycles. The number of carbonyl (C=O) groups excluding carboxylic acids is 1. The van der Waals surface area contributed by atoms with E-state index in [1.54, 1.807) is 9.13 Å². The molecular weight excluding hydrogens is 318 g/mol. The molecule has 1 aromatic carbocycles. The molecule has 2 saturated carbocycles. The fraction of sp³-hybridized carbons (Fsp3) is 0.579. The van der Waals surface area contributed by atoms with Gasteiger partial charge in [-0.15, -0.1) is 0 Å². The largest absolute Gasteiger partial charge is 0.396 e. The molecule has 0 spiro atoms. The van der Waals surface area contributed by atoms with E-state index in [1.807, 2.05) is 31.2 Å². The lowest BCUT2D eigenvalue weighted by Crippen LogP contribution is -2.47. The number of amides is 1. The van der Waals surface area contributed by atoms with Gasteiger partial charge in [0, 0.05) is 25.1 Å². The standard InChI is InChI=1S/C19H25N3O3/c1-2-21-15-5-3-4-6-16(15)22(19(21)25)10-17(24)20-18-13-8-7-12(9-13)14(18)11-23/h3-6,12-14,18,23H,2,7-11H2,1H3,(H,20,24). The van der Waals surface area contributed by atoms with Gasteiger partial charge in [0.15, 0.2) is 0 Å². The Labute approximate surface area is 146 Å². The maximum atomic E-state index is 12.6. The van der Waals surface area contributed by atoms with Crippen LogP contribution in [0.15, 0.2) is 29.1 Å². The van der Waals surface area contributed by atoms with Crippen molar-refractivity contribution in [2.75, 3.05) is 6.61 Å². The molecule has 0 saturated heterocycles. The van der Waals surface area contributed by atoms with E-state index in [9.17, 15) is 14.7 Å². The van der Waals surface area contributed by atoms with E-state index in [0.717, 1.165) is 30.3 Å². The number of benzene rings is 1. The molecule has 2 fully saturated rings. The van der Waals surface area contributed by atoms with Gasteiger partial charge in [-0.05, 0) is 50.2 Å². The molecule has 6 heteroatoms. The van der Waals surface area contributed by atoms with Crippen molar-refractivity contribution in [2.45, 2.75) is 45.3 Å². The molecule has 2 aromatic rings. The highest BCUT2D eigenvalue weighted by Gasteiger charge is 2.47. The summed E-state index contributed by atoms with van der Waals surface area (Å²) in [5, 5.41) is 12.8. The molecule has 1 heterocycles. The number of aromatic nitrogens is 2. The van der Waals surface area contributed by atoms with Gasteiger partial charge in [0.1, 0.15) is 6.54 Å². The summed E-state index contributed by atoms with van der Waals surface area (Å²) in [5.74, 6) is 1.03. The van der Waals surface area contributed by atoms with Gasteiger partial charge in [0.25, 0.3) is 0 Å². The number of aryl methyl sites for hydroxylation is 1. The summed E-state index contributed by atoms with van der Waals surface area (Å²) in [5.41, 5.74) is 1.50. The van der Waals surface area contributed by atoms with Crippen molar-refractivity contribution in [1.82, 2.24) is 14.5 Å². The number of hydrogen-bond acceptors (Lipinski definition) is 3. The van der Waals surface area contributed by atoms with Crippen molar-refractivity contribution in [3.63, 3.8) is 0 Å². The zero-order valence-electron chi connectivity index (χ0n) is 14.5. The highest BCUT2D eigenvalue weighted by Crippen LogP contribution is 2.48. The van der Waals surface area contributed by atoms with Crippen molar-refractivity contribution < 1.29 is 9.90 Å². The third-order valence-corrected chi connectivity index (χ3v) is 6.17. The summed E-state index contributed by atoms with van der Waals surface area (Å²) in [6.45, 7) is 2.66. The first-order valence-corrected chi connectivity index (χ1v) is 9.22. The Morgan fingerprint density at radius 3 is 2.56 bits per heavy atom. The van der Waals surface area contributed by atoms with Gasteiger partial charge in [-0.3, -0.25) is 13.9 Å². The highest BCUT2D eigenvalue weighted by atomic mass is 16.3. The molecular formula is C19H25N3O3. The number of rotatable bonds is 5. The maximum absolute atomic E-state index is 12.6. The van der Waals surface area contributed by atoms with E-state index in [2.05, 4.69) is 5.32 Å². The number of nitrogens with one attached hydrogen (secondary N) is 1. The van der Waals surface area contributed by atoms with Crippen LogP contribution in [0.4, 0.5) is 0 Å². The lowest BCUT2D eigenvalue weighted by Gasteiger charge is -2.30. The van der Waals surface area contributed by atoms with Crippen molar-refractivity contribution >= 4 is 16.9 Å². The molecule has 4 unspecified atom stereocenters. The van der Waals surface area contributed by atoms with E-state index < -0.39 is 0 Å². The van der Waals surface area contributed by atoms with Gasteiger partial charge in [-0.25, -0.2) is 4.79 Å². The topological polar surface area (TPSA) is 76.3 Å². The summed E-state index contributed by atoms with van der Waals surface area (Å²) >= 11 is 0. The number of imidazole rings is 1.